The van der Waals surface area contributed by atoms with Gasteiger partial charge in [0.2, 0.25) is 11.4 Å². The number of unbranched alkanes of at least 4 members (excludes halogenated alkanes) is 11. The molecule has 0 heterocycles. The average molecular weight is 427 g/mol. The average Bonchev–Trinajstić information content (AvgIpc) is 2.69. The van der Waals surface area contributed by atoms with E-state index < -0.39 is 35.7 Å². The van der Waals surface area contributed by atoms with Gasteiger partial charge in [-0.2, -0.15) is 0 Å². The van der Waals surface area contributed by atoms with Crippen LogP contribution in [0.15, 0.2) is 12.2 Å². The molecule has 0 aromatic rings. The Hall–Kier alpha value is -1.53. The lowest BCUT2D eigenvalue weighted by Gasteiger charge is -2.22. The summed E-state index contributed by atoms with van der Waals surface area (Å²) in [5.74, 6) is -3.54. The van der Waals surface area contributed by atoms with Gasteiger partial charge in [0, 0.05) is 6.42 Å². The number of rotatable bonds is 20. The van der Waals surface area contributed by atoms with Crippen molar-refractivity contribution in [3.8, 4) is 0 Å². The highest BCUT2D eigenvalue weighted by Crippen LogP contribution is 2.18. The van der Waals surface area contributed by atoms with Crippen molar-refractivity contribution in [2.75, 3.05) is 0 Å². The first-order chi connectivity index (χ1) is 14.3. The zero-order chi connectivity index (χ0) is 22.8. The number of hydrogen-bond donors (Lipinski definition) is 3. The van der Waals surface area contributed by atoms with Crippen molar-refractivity contribution >= 4 is 17.5 Å². The molecule has 30 heavy (non-hydrogen) atoms. The number of hydrogen-bond acceptors (Lipinski definition) is 5. The van der Waals surface area contributed by atoms with Gasteiger partial charge < -0.3 is 15.3 Å². The fourth-order valence-corrected chi connectivity index (χ4v) is 3.38. The van der Waals surface area contributed by atoms with Crippen molar-refractivity contribution in [1.29, 1.82) is 0 Å². The maximum absolute atomic E-state index is 12.0. The SMILES string of the molecule is CCCCCCCC/C=C\CCCCCCCC(=O)CC(O)(C(=O)O)C(=O)C(C)O. The molecular formula is C24H42O6. The highest BCUT2D eigenvalue weighted by Gasteiger charge is 2.47. The molecule has 0 aliphatic heterocycles. The lowest BCUT2D eigenvalue weighted by Crippen LogP contribution is -2.52. The van der Waals surface area contributed by atoms with Gasteiger partial charge in [0.1, 0.15) is 11.9 Å². The second-order valence-corrected chi connectivity index (χ2v) is 8.26. The molecule has 3 N–H and O–H groups in total. The van der Waals surface area contributed by atoms with E-state index in [0.717, 1.165) is 45.4 Å². The van der Waals surface area contributed by atoms with Crippen molar-refractivity contribution in [2.24, 2.45) is 0 Å². The first-order valence-corrected chi connectivity index (χ1v) is 11.6. The number of carbonyl (C=O) groups is 3. The molecule has 6 nitrogen and oxygen atoms in total. The van der Waals surface area contributed by atoms with Crippen molar-refractivity contribution in [3.63, 3.8) is 0 Å². The predicted octanol–water partition coefficient (Wildman–Crippen LogP) is 4.75. The Labute approximate surface area is 181 Å². The smallest absolute Gasteiger partial charge is 0.344 e. The molecule has 0 aromatic heterocycles. The van der Waals surface area contributed by atoms with Gasteiger partial charge in [0.15, 0.2) is 0 Å². The van der Waals surface area contributed by atoms with Crippen molar-refractivity contribution in [3.05, 3.63) is 12.2 Å². The Morgan fingerprint density at radius 2 is 1.30 bits per heavy atom. The number of aliphatic hydroxyl groups excluding tert-OH is 1. The van der Waals surface area contributed by atoms with Gasteiger partial charge >= 0.3 is 5.97 Å². The molecule has 0 aromatic carbocycles. The second kappa shape index (κ2) is 17.2. The van der Waals surface area contributed by atoms with Crippen LogP contribution < -0.4 is 0 Å². The minimum absolute atomic E-state index is 0.126. The quantitative estimate of drug-likeness (QED) is 0.147. The summed E-state index contributed by atoms with van der Waals surface area (Å²) in [7, 11) is 0. The van der Waals surface area contributed by atoms with Gasteiger partial charge in [-0.05, 0) is 39.0 Å². The van der Waals surface area contributed by atoms with Gasteiger partial charge in [-0.3, -0.25) is 9.59 Å². The van der Waals surface area contributed by atoms with Crippen LogP contribution in [0.4, 0.5) is 0 Å². The van der Waals surface area contributed by atoms with E-state index in [1.807, 2.05) is 0 Å². The Balaban J connectivity index is 3.77. The maximum atomic E-state index is 12.0. The number of carbonyl (C=O) groups excluding carboxylic acids is 2. The molecule has 0 radical (unpaired) electrons. The standard InChI is InChI=1S/C24H42O6/c1-3-4-5-6-7-8-9-10-11-12-13-14-15-16-17-18-21(26)19-24(30,23(28)29)22(27)20(2)25/h10-11,20,25,30H,3-9,12-19H2,1-2H3,(H,28,29)/b11-10-. The minimum Gasteiger partial charge on any atom is -0.479 e. The Bertz CT molecular complexity index is 526. The first kappa shape index (κ1) is 28.5. The van der Waals surface area contributed by atoms with Crippen LogP contribution in [-0.4, -0.2) is 44.6 Å². The Morgan fingerprint density at radius 3 is 1.77 bits per heavy atom. The number of carboxylic acids is 1. The molecule has 2 atom stereocenters. The van der Waals surface area contributed by atoms with Gasteiger partial charge in [0.25, 0.3) is 0 Å². The van der Waals surface area contributed by atoms with E-state index in [9.17, 15) is 24.6 Å². The summed E-state index contributed by atoms with van der Waals surface area (Å²) >= 11 is 0. The third-order valence-electron chi connectivity index (χ3n) is 5.31. The molecule has 0 amide bonds. The number of Topliss-reactive ketones (excluding diaryl/α,β-unsaturated/α-hetero) is 2. The molecule has 174 valence electrons. The number of allylic oxidation sites excluding steroid dienone is 2. The van der Waals surface area contributed by atoms with Gasteiger partial charge in [0.05, 0.1) is 6.42 Å². The number of aliphatic carboxylic acids is 1. The Morgan fingerprint density at radius 1 is 0.833 bits per heavy atom. The predicted molar refractivity (Wildman–Crippen MR) is 118 cm³/mol. The van der Waals surface area contributed by atoms with Crippen molar-refractivity contribution < 1.29 is 29.7 Å². The first-order valence-electron chi connectivity index (χ1n) is 11.6. The zero-order valence-corrected chi connectivity index (χ0v) is 18.9. The molecule has 6 heteroatoms. The van der Waals surface area contributed by atoms with E-state index in [0.29, 0.717) is 6.42 Å². The summed E-state index contributed by atoms with van der Waals surface area (Å²) < 4.78 is 0. The molecule has 0 aliphatic carbocycles. The van der Waals surface area contributed by atoms with Gasteiger partial charge in [-0.1, -0.05) is 70.4 Å². The second-order valence-electron chi connectivity index (χ2n) is 8.26. The molecule has 2 unspecified atom stereocenters. The van der Waals surface area contributed by atoms with E-state index in [4.69, 9.17) is 5.11 Å². The van der Waals surface area contributed by atoms with Crippen LogP contribution >= 0.6 is 0 Å². The molecule has 0 spiro atoms. The molecule has 0 aliphatic rings. The van der Waals surface area contributed by atoms with Crippen LogP contribution in [0.1, 0.15) is 110 Å². The number of aliphatic hydroxyl groups is 2. The summed E-state index contributed by atoms with van der Waals surface area (Å²) in [6, 6.07) is 0. The highest BCUT2D eigenvalue weighted by molar-refractivity contribution is 6.10. The van der Waals surface area contributed by atoms with E-state index in [2.05, 4.69) is 19.1 Å². The van der Waals surface area contributed by atoms with Gasteiger partial charge in [-0.15, -0.1) is 0 Å². The molecule has 0 rings (SSSR count). The monoisotopic (exact) mass is 426 g/mol. The number of carboxylic acid groups (broad SMARTS) is 1. The van der Waals surface area contributed by atoms with Crippen molar-refractivity contribution in [2.45, 2.75) is 122 Å². The fraction of sp³-hybridized carbons (Fsp3) is 0.792. The molecule has 0 saturated heterocycles. The third kappa shape index (κ3) is 12.9. The Kier molecular flexibility index (Phi) is 16.3. The van der Waals surface area contributed by atoms with E-state index in [-0.39, 0.29) is 6.42 Å². The summed E-state index contributed by atoms with van der Waals surface area (Å²) in [5, 5.41) is 28.3. The summed E-state index contributed by atoms with van der Waals surface area (Å²) in [6.07, 6.45) is 17.0. The summed E-state index contributed by atoms with van der Waals surface area (Å²) in [5.41, 5.74) is -2.84. The lowest BCUT2D eigenvalue weighted by molar-refractivity contribution is -0.171. The third-order valence-corrected chi connectivity index (χ3v) is 5.31. The maximum Gasteiger partial charge on any atom is 0.344 e. The van der Waals surface area contributed by atoms with E-state index >= 15 is 0 Å². The molecule has 0 bridgehead atoms. The number of ketones is 2. The topological polar surface area (TPSA) is 112 Å². The van der Waals surface area contributed by atoms with Crippen LogP contribution in [0, 0.1) is 0 Å². The van der Waals surface area contributed by atoms with Crippen LogP contribution in [0.3, 0.4) is 0 Å². The van der Waals surface area contributed by atoms with E-state index in [1.54, 1.807) is 0 Å². The largest absolute Gasteiger partial charge is 0.479 e. The zero-order valence-electron chi connectivity index (χ0n) is 18.9. The molecule has 0 fully saturated rings. The van der Waals surface area contributed by atoms with Gasteiger partial charge in [-0.25, -0.2) is 4.79 Å². The summed E-state index contributed by atoms with van der Waals surface area (Å²) in [4.78, 5) is 34.8. The lowest BCUT2D eigenvalue weighted by atomic mass is 9.88. The summed E-state index contributed by atoms with van der Waals surface area (Å²) in [6.45, 7) is 3.30. The van der Waals surface area contributed by atoms with Crippen LogP contribution in [0.25, 0.3) is 0 Å². The van der Waals surface area contributed by atoms with Crippen molar-refractivity contribution in [1.82, 2.24) is 0 Å². The molecular weight excluding hydrogens is 384 g/mol. The molecule has 0 saturated carbocycles. The normalized spacial score (nSPS) is 14.5. The van der Waals surface area contributed by atoms with E-state index in [1.165, 1.54) is 38.5 Å². The minimum atomic E-state index is -2.84. The fourth-order valence-electron chi connectivity index (χ4n) is 3.38. The highest BCUT2D eigenvalue weighted by atomic mass is 16.4. The van der Waals surface area contributed by atoms with Crippen LogP contribution in [0.2, 0.25) is 0 Å². The van der Waals surface area contributed by atoms with Crippen LogP contribution in [-0.2, 0) is 14.4 Å². The van der Waals surface area contributed by atoms with Crippen LogP contribution in [0.5, 0.6) is 0 Å².